The van der Waals surface area contributed by atoms with E-state index in [0.717, 1.165) is 32.4 Å². The number of hydrogen-bond acceptors (Lipinski definition) is 2. The van der Waals surface area contributed by atoms with Gasteiger partial charge in [0.15, 0.2) is 0 Å². The fraction of sp³-hybridized carbons (Fsp3) is 0.889. The maximum absolute atomic E-state index is 11.6. The Hall–Kier alpha value is -0.570. The highest BCUT2D eigenvalue weighted by Gasteiger charge is 2.35. The molecule has 1 rings (SSSR count). The second kappa shape index (κ2) is 3.90. The molecule has 1 atom stereocenters. The lowest BCUT2D eigenvalue weighted by molar-refractivity contribution is -0.126. The lowest BCUT2D eigenvalue weighted by atomic mass is 9.99. The van der Waals surface area contributed by atoms with Gasteiger partial charge in [-0.1, -0.05) is 6.92 Å². The molecule has 0 aromatic carbocycles. The summed E-state index contributed by atoms with van der Waals surface area (Å²) in [6.07, 6.45) is 3.07. The van der Waals surface area contributed by atoms with E-state index < -0.39 is 0 Å². The van der Waals surface area contributed by atoms with Gasteiger partial charge in [0.1, 0.15) is 0 Å². The van der Waals surface area contributed by atoms with Crippen LogP contribution in [0.2, 0.25) is 0 Å². The molecule has 3 heteroatoms. The topological polar surface area (TPSA) is 41.1 Å². The average molecular weight is 170 g/mol. The zero-order valence-electron chi connectivity index (χ0n) is 7.94. The van der Waals surface area contributed by atoms with Crippen molar-refractivity contribution in [2.24, 2.45) is 0 Å². The van der Waals surface area contributed by atoms with Crippen LogP contribution in [0.15, 0.2) is 0 Å². The molecule has 1 aliphatic rings. The molecule has 1 heterocycles. The third-order valence-electron chi connectivity index (χ3n) is 2.41. The van der Waals surface area contributed by atoms with Gasteiger partial charge in [0.25, 0.3) is 0 Å². The Morgan fingerprint density at radius 1 is 1.67 bits per heavy atom. The van der Waals surface area contributed by atoms with Gasteiger partial charge in [0, 0.05) is 6.54 Å². The molecule has 1 amide bonds. The van der Waals surface area contributed by atoms with Gasteiger partial charge < -0.3 is 10.6 Å². The van der Waals surface area contributed by atoms with Crippen molar-refractivity contribution in [3.8, 4) is 0 Å². The van der Waals surface area contributed by atoms with Gasteiger partial charge >= 0.3 is 0 Å². The molecule has 0 aromatic rings. The monoisotopic (exact) mass is 170 g/mol. The van der Waals surface area contributed by atoms with Gasteiger partial charge in [-0.25, -0.2) is 0 Å². The molecule has 0 radical (unpaired) electrons. The van der Waals surface area contributed by atoms with E-state index in [1.165, 1.54) is 0 Å². The van der Waals surface area contributed by atoms with E-state index in [4.69, 9.17) is 0 Å². The second-order valence-corrected chi connectivity index (χ2v) is 3.62. The zero-order chi connectivity index (χ0) is 9.03. The molecule has 0 aliphatic carbocycles. The third-order valence-corrected chi connectivity index (χ3v) is 2.41. The van der Waals surface area contributed by atoms with Gasteiger partial charge in [-0.2, -0.15) is 0 Å². The first-order valence-electron chi connectivity index (χ1n) is 4.72. The number of nitrogens with one attached hydrogen (secondary N) is 2. The first-order chi connectivity index (χ1) is 5.69. The molecule has 1 saturated heterocycles. The van der Waals surface area contributed by atoms with Crippen LogP contribution in [-0.4, -0.2) is 24.5 Å². The van der Waals surface area contributed by atoms with Crippen molar-refractivity contribution >= 4 is 5.91 Å². The van der Waals surface area contributed by atoms with E-state index in [1.54, 1.807) is 0 Å². The Balaban J connectivity index is 2.39. The van der Waals surface area contributed by atoms with Crippen LogP contribution in [0.5, 0.6) is 0 Å². The largest absolute Gasteiger partial charge is 0.355 e. The third kappa shape index (κ3) is 1.97. The molecule has 0 aromatic heterocycles. The molecule has 1 unspecified atom stereocenters. The zero-order valence-corrected chi connectivity index (χ0v) is 7.94. The molecule has 0 bridgehead atoms. The van der Waals surface area contributed by atoms with Crippen molar-refractivity contribution < 1.29 is 4.79 Å². The van der Waals surface area contributed by atoms with Gasteiger partial charge in [-0.3, -0.25) is 4.79 Å². The van der Waals surface area contributed by atoms with E-state index in [0.29, 0.717) is 0 Å². The molecule has 0 saturated carbocycles. The molecule has 3 nitrogen and oxygen atoms in total. The van der Waals surface area contributed by atoms with E-state index in [-0.39, 0.29) is 11.4 Å². The number of amides is 1. The fourth-order valence-corrected chi connectivity index (χ4v) is 1.52. The summed E-state index contributed by atoms with van der Waals surface area (Å²) in [5, 5.41) is 6.14. The number of carbonyl (C=O) groups is 1. The van der Waals surface area contributed by atoms with Crippen molar-refractivity contribution in [1.82, 2.24) is 10.6 Å². The molecule has 12 heavy (non-hydrogen) atoms. The standard InChI is InChI=1S/C9H18N2O/c1-3-6-10-8(12)9(2)5-4-7-11-9/h11H,3-7H2,1-2H3,(H,10,12). The summed E-state index contributed by atoms with van der Waals surface area (Å²) in [7, 11) is 0. The Kier molecular flexibility index (Phi) is 3.09. The minimum absolute atomic E-state index is 0.154. The van der Waals surface area contributed by atoms with Crippen LogP contribution in [0.3, 0.4) is 0 Å². The Bertz CT molecular complexity index is 162. The van der Waals surface area contributed by atoms with Crippen molar-refractivity contribution in [2.75, 3.05) is 13.1 Å². The lowest BCUT2D eigenvalue weighted by Crippen LogP contribution is -2.51. The van der Waals surface area contributed by atoms with E-state index >= 15 is 0 Å². The number of carbonyl (C=O) groups excluding carboxylic acids is 1. The summed E-state index contributed by atoms with van der Waals surface area (Å²) in [6.45, 7) is 5.79. The highest BCUT2D eigenvalue weighted by molar-refractivity contribution is 5.86. The summed E-state index contributed by atoms with van der Waals surface area (Å²) < 4.78 is 0. The SMILES string of the molecule is CCCNC(=O)C1(C)CCCN1. The maximum atomic E-state index is 11.6. The first-order valence-corrected chi connectivity index (χ1v) is 4.72. The van der Waals surface area contributed by atoms with Crippen molar-refractivity contribution in [3.05, 3.63) is 0 Å². The van der Waals surface area contributed by atoms with Crippen LogP contribution in [0.1, 0.15) is 33.1 Å². The summed E-state index contributed by atoms with van der Waals surface area (Å²) >= 11 is 0. The Labute approximate surface area is 73.9 Å². The van der Waals surface area contributed by atoms with E-state index in [2.05, 4.69) is 17.6 Å². The first kappa shape index (κ1) is 9.52. The minimum Gasteiger partial charge on any atom is -0.355 e. The molecular formula is C9H18N2O. The van der Waals surface area contributed by atoms with Crippen LogP contribution >= 0.6 is 0 Å². The quantitative estimate of drug-likeness (QED) is 0.653. The van der Waals surface area contributed by atoms with Gasteiger partial charge in [0.2, 0.25) is 5.91 Å². The predicted octanol–water partition coefficient (Wildman–Crippen LogP) is 0.655. The number of rotatable bonds is 3. The van der Waals surface area contributed by atoms with Crippen LogP contribution in [-0.2, 0) is 4.79 Å². The smallest absolute Gasteiger partial charge is 0.240 e. The number of hydrogen-bond donors (Lipinski definition) is 2. The molecule has 1 fully saturated rings. The fourth-order valence-electron chi connectivity index (χ4n) is 1.52. The maximum Gasteiger partial charge on any atom is 0.240 e. The van der Waals surface area contributed by atoms with E-state index in [9.17, 15) is 4.79 Å². The summed E-state index contributed by atoms with van der Waals surface area (Å²) in [5.41, 5.74) is -0.296. The van der Waals surface area contributed by atoms with Crippen LogP contribution in [0.4, 0.5) is 0 Å². The second-order valence-electron chi connectivity index (χ2n) is 3.62. The average Bonchev–Trinajstić information content (AvgIpc) is 2.49. The van der Waals surface area contributed by atoms with Crippen LogP contribution < -0.4 is 10.6 Å². The molecule has 1 aliphatic heterocycles. The highest BCUT2D eigenvalue weighted by Crippen LogP contribution is 2.18. The minimum atomic E-state index is -0.296. The van der Waals surface area contributed by atoms with Gasteiger partial charge in [0.05, 0.1) is 5.54 Å². The molecule has 2 N–H and O–H groups in total. The van der Waals surface area contributed by atoms with Gasteiger partial charge in [-0.15, -0.1) is 0 Å². The van der Waals surface area contributed by atoms with Crippen LogP contribution in [0.25, 0.3) is 0 Å². The Morgan fingerprint density at radius 2 is 2.42 bits per heavy atom. The van der Waals surface area contributed by atoms with Crippen molar-refractivity contribution in [2.45, 2.75) is 38.6 Å². The summed E-state index contributed by atoms with van der Waals surface area (Å²) in [6, 6.07) is 0. The normalized spacial score (nSPS) is 28.8. The molecule has 0 spiro atoms. The predicted molar refractivity (Wildman–Crippen MR) is 48.9 cm³/mol. The van der Waals surface area contributed by atoms with Crippen LogP contribution in [0, 0.1) is 0 Å². The lowest BCUT2D eigenvalue weighted by Gasteiger charge is -2.22. The highest BCUT2D eigenvalue weighted by atomic mass is 16.2. The molecule has 70 valence electrons. The summed E-state index contributed by atoms with van der Waals surface area (Å²) in [5.74, 6) is 0.154. The van der Waals surface area contributed by atoms with Crippen molar-refractivity contribution in [3.63, 3.8) is 0 Å². The van der Waals surface area contributed by atoms with Crippen molar-refractivity contribution in [1.29, 1.82) is 0 Å². The molecular weight excluding hydrogens is 152 g/mol. The summed E-state index contributed by atoms with van der Waals surface area (Å²) in [4.78, 5) is 11.6. The Morgan fingerprint density at radius 3 is 2.92 bits per heavy atom. The van der Waals surface area contributed by atoms with Gasteiger partial charge in [-0.05, 0) is 32.7 Å². The van der Waals surface area contributed by atoms with E-state index in [1.807, 2.05) is 6.92 Å².